The van der Waals surface area contributed by atoms with Crippen molar-refractivity contribution in [1.29, 1.82) is 0 Å². The van der Waals surface area contributed by atoms with E-state index < -0.39 is 31.0 Å². The molecule has 4 N–H and O–H groups in total. The number of carbonyl (C=O) groups is 3. The molecule has 0 aromatic carbocycles. The van der Waals surface area contributed by atoms with Gasteiger partial charge in [-0.25, -0.2) is 4.79 Å². The highest BCUT2D eigenvalue weighted by molar-refractivity contribution is 7.99. The zero-order valence-corrected chi connectivity index (χ0v) is 10.5. The number of nitrogens with zero attached hydrogens (tertiary/aromatic N) is 1. The average Bonchev–Trinajstić information content (AvgIpc) is 2.26. The quantitative estimate of drug-likeness (QED) is 0.385. The molecule has 0 unspecified atom stereocenters. The number of rotatable bonds is 8. The topological polar surface area (TPSA) is 113 Å². The van der Waals surface area contributed by atoms with Crippen molar-refractivity contribution in [3.63, 3.8) is 0 Å². The summed E-state index contributed by atoms with van der Waals surface area (Å²) in [6, 6.07) is -0.641. The van der Waals surface area contributed by atoms with Crippen LogP contribution in [0.1, 0.15) is 0 Å². The lowest BCUT2D eigenvalue weighted by atomic mass is 10.4. The first kappa shape index (κ1) is 16.1. The van der Waals surface area contributed by atoms with Crippen molar-refractivity contribution in [3.8, 4) is 12.3 Å². The molecular weight excluding hydrogens is 258 g/mol. The fraction of sp³-hybridized carbons (Fsp3) is 0.500. The van der Waals surface area contributed by atoms with Gasteiger partial charge in [0.1, 0.15) is 13.1 Å². The van der Waals surface area contributed by atoms with Crippen LogP contribution >= 0.6 is 11.8 Å². The lowest BCUT2D eigenvalue weighted by Crippen LogP contribution is -2.47. The van der Waals surface area contributed by atoms with E-state index in [0.717, 1.165) is 4.90 Å². The number of hydrogen-bond acceptors (Lipinski definition) is 4. The normalized spacial score (nSPS) is 9.28. The third-order valence-corrected chi connectivity index (χ3v) is 2.53. The molecule has 0 spiro atoms. The van der Waals surface area contributed by atoms with Crippen molar-refractivity contribution in [1.82, 2.24) is 10.2 Å². The molecule has 8 heteroatoms. The number of primary amides is 1. The first-order chi connectivity index (χ1) is 8.47. The van der Waals surface area contributed by atoms with Crippen LogP contribution in [0.2, 0.25) is 0 Å². The van der Waals surface area contributed by atoms with E-state index >= 15 is 0 Å². The molecule has 0 atom stereocenters. The molecule has 0 aromatic rings. The third kappa shape index (κ3) is 8.29. The van der Waals surface area contributed by atoms with Gasteiger partial charge in [-0.3, -0.25) is 9.59 Å². The van der Waals surface area contributed by atoms with Gasteiger partial charge in [-0.2, -0.15) is 0 Å². The molecule has 0 aliphatic carbocycles. The summed E-state index contributed by atoms with van der Waals surface area (Å²) in [7, 11) is 0. The maximum Gasteiger partial charge on any atom is 0.323 e. The van der Waals surface area contributed by atoms with Crippen molar-refractivity contribution < 1.29 is 19.5 Å². The van der Waals surface area contributed by atoms with Crippen LogP contribution in [0.5, 0.6) is 0 Å². The van der Waals surface area contributed by atoms with E-state index in [-0.39, 0.29) is 0 Å². The number of terminal acetylenes is 1. The molecule has 0 saturated carbocycles. The Kier molecular flexibility index (Phi) is 8.22. The highest BCUT2D eigenvalue weighted by Gasteiger charge is 2.17. The van der Waals surface area contributed by atoms with Gasteiger partial charge in [-0.1, -0.05) is 5.92 Å². The molecule has 0 fully saturated rings. The van der Waals surface area contributed by atoms with Crippen molar-refractivity contribution in [2.24, 2.45) is 5.73 Å². The second kappa shape index (κ2) is 9.18. The SMILES string of the molecule is C#CCSCCNC(=O)N(CC(N)=O)CC(=O)O. The molecule has 100 valence electrons. The van der Waals surface area contributed by atoms with E-state index in [1.165, 1.54) is 11.8 Å². The Morgan fingerprint density at radius 3 is 2.56 bits per heavy atom. The number of thioether (sulfide) groups is 1. The van der Waals surface area contributed by atoms with Crippen LogP contribution in [-0.4, -0.2) is 59.1 Å². The van der Waals surface area contributed by atoms with Crippen molar-refractivity contribution >= 4 is 29.7 Å². The molecule has 18 heavy (non-hydrogen) atoms. The molecule has 0 bridgehead atoms. The van der Waals surface area contributed by atoms with E-state index in [1.807, 2.05) is 0 Å². The summed E-state index contributed by atoms with van der Waals surface area (Å²) in [5.41, 5.74) is 4.92. The number of carbonyl (C=O) groups excluding carboxylic acids is 2. The van der Waals surface area contributed by atoms with Gasteiger partial charge in [0.25, 0.3) is 0 Å². The standard InChI is InChI=1S/C10H15N3O4S/c1-2-4-18-5-3-12-10(17)13(6-8(11)14)7-9(15)16/h1H,3-7H2,(H2,11,14)(H,12,17)(H,15,16). The van der Waals surface area contributed by atoms with Crippen LogP contribution in [0.3, 0.4) is 0 Å². The van der Waals surface area contributed by atoms with Crippen molar-refractivity contribution in [2.45, 2.75) is 0 Å². The zero-order valence-electron chi connectivity index (χ0n) is 9.72. The fourth-order valence-corrected chi connectivity index (χ4v) is 1.53. The van der Waals surface area contributed by atoms with Crippen molar-refractivity contribution in [2.75, 3.05) is 31.1 Å². The van der Waals surface area contributed by atoms with Crippen LogP contribution < -0.4 is 11.1 Å². The van der Waals surface area contributed by atoms with E-state index in [1.54, 1.807) is 0 Å². The van der Waals surface area contributed by atoms with E-state index in [9.17, 15) is 14.4 Å². The number of nitrogens with two attached hydrogens (primary N) is 1. The van der Waals surface area contributed by atoms with Crippen molar-refractivity contribution in [3.05, 3.63) is 0 Å². The minimum absolute atomic E-state index is 0.333. The Labute approximate surface area is 109 Å². The number of aliphatic carboxylic acids is 1. The fourth-order valence-electron chi connectivity index (χ4n) is 1.02. The van der Waals surface area contributed by atoms with Gasteiger partial charge in [-0.15, -0.1) is 18.2 Å². The molecule has 0 saturated heterocycles. The molecule has 0 aliphatic heterocycles. The molecule has 0 rings (SSSR count). The zero-order chi connectivity index (χ0) is 14.0. The highest BCUT2D eigenvalue weighted by Crippen LogP contribution is 1.96. The number of nitrogens with one attached hydrogen (secondary N) is 1. The average molecular weight is 273 g/mol. The Morgan fingerprint density at radius 2 is 2.06 bits per heavy atom. The summed E-state index contributed by atoms with van der Waals surface area (Å²) in [4.78, 5) is 33.6. The smallest absolute Gasteiger partial charge is 0.323 e. The maximum atomic E-state index is 11.5. The minimum Gasteiger partial charge on any atom is -0.480 e. The Bertz CT molecular complexity index is 338. The predicted octanol–water partition coefficient (Wildman–Crippen LogP) is -1.07. The van der Waals surface area contributed by atoms with E-state index in [0.29, 0.717) is 18.1 Å². The first-order valence-corrected chi connectivity index (χ1v) is 6.17. The highest BCUT2D eigenvalue weighted by atomic mass is 32.2. The van der Waals surface area contributed by atoms with E-state index in [2.05, 4.69) is 11.2 Å². The lowest BCUT2D eigenvalue weighted by Gasteiger charge is -2.19. The minimum atomic E-state index is -1.21. The second-order valence-corrected chi connectivity index (χ2v) is 4.31. The van der Waals surface area contributed by atoms with Gasteiger partial charge >= 0.3 is 12.0 Å². The summed E-state index contributed by atoms with van der Waals surface area (Å²) in [6.45, 7) is -0.679. The summed E-state index contributed by atoms with van der Waals surface area (Å²) in [5.74, 6) is 1.59. The maximum absolute atomic E-state index is 11.5. The second-order valence-electron chi connectivity index (χ2n) is 3.20. The van der Waals surface area contributed by atoms with Crippen LogP contribution in [-0.2, 0) is 9.59 Å². The molecule has 0 aliphatic rings. The summed E-state index contributed by atoms with van der Waals surface area (Å²) >= 11 is 1.46. The Morgan fingerprint density at radius 1 is 1.39 bits per heavy atom. The predicted molar refractivity (Wildman–Crippen MR) is 68.0 cm³/mol. The molecule has 0 heterocycles. The molecular formula is C10H15N3O4S. The molecule has 0 radical (unpaired) electrons. The number of hydrogen-bond donors (Lipinski definition) is 3. The Balaban J connectivity index is 4.09. The van der Waals surface area contributed by atoms with Crippen LogP contribution in [0.4, 0.5) is 4.79 Å². The molecule has 0 aromatic heterocycles. The number of carboxylic acid groups (broad SMARTS) is 1. The number of urea groups is 1. The van der Waals surface area contributed by atoms with Gasteiger partial charge in [0, 0.05) is 12.3 Å². The Hall–Kier alpha value is -1.88. The van der Waals surface area contributed by atoms with Gasteiger partial charge < -0.3 is 21.1 Å². The van der Waals surface area contributed by atoms with Crippen LogP contribution in [0.25, 0.3) is 0 Å². The van der Waals surface area contributed by atoms with Crippen LogP contribution in [0, 0.1) is 12.3 Å². The summed E-state index contributed by atoms with van der Waals surface area (Å²) in [5, 5.41) is 11.1. The third-order valence-electron chi connectivity index (χ3n) is 1.67. The lowest BCUT2D eigenvalue weighted by molar-refractivity contribution is -0.137. The molecule has 3 amide bonds. The van der Waals surface area contributed by atoms with Gasteiger partial charge in [0.05, 0.1) is 5.75 Å². The van der Waals surface area contributed by atoms with E-state index in [4.69, 9.17) is 17.3 Å². The summed E-state index contributed by atoms with van der Waals surface area (Å²) in [6.07, 6.45) is 5.05. The number of amides is 3. The van der Waals surface area contributed by atoms with Crippen LogP contribution in [0.15, 0.2) is 0 Å². The van der Waals surface area contributed by atoms with Gasteiger partial charge in [-0.05, 0) is 0 Å². The van der Waals surface area contributed by atoms with Gasteiger partial charge in [0.2, 0.25) is 5.91 Å². The van der Waals surface area contributed by atoms with Gasteiger partial charge in [0.15, 0.2) is 0 Å². The largest absolute Gasteiger partial charge is 0.480 e. The molecule has 7 nitrogen and oxygen atoms in total. The summed E-state index contributed by atoms with van der Waals surface area (Å²) < 4.78 is 0. The number of carboxylic acids is 1. The monoisotopic (exact) mass is 273 g/mol. The first-order valence-electron chi connectivity index (χ1n) is 5.01.